The van der Waals surface area contributed by atoms with Gasteiger partial charge in [0.15, 0.2) is 0 Å². The highest BCUT2D eigenvalue weighted by Gasteiger charge is 2.53. The second-order valence-corrected chi connectivity index (χ2v) is 5.34. The molecule has 1 aliphatic rings. The number of benzene rings is 1. The molecule has 0 spiro atoms. The van der Waals surface area contributed by atoms with Gasteiger partial charge in [-0.15, -0.1) is 0 Å². The predicted octanol–water partition coefficient (Wildman–Crippen LogP) is 3.83. The molecule has 1 fully saturated rings. The van der Waals surface area contributed by atoms with E-state index < -0.39 is 0 Å². The highest BCUT2D eigenvalue weighted by Crippen LogP contribution is 2.45. The minimum absolute atomic E-state index is 0.0575. The van der Waals surface area contributed by atoms with Crippen LogP contribution in [0.5, 0.6) is 5.75 Å². The van der Waals surface area contributed by atoms with Crippen molar-refractivity contribution in [3.05, 3.63) is 29.3 Å². The summed E-state index contributed by atoms with van der Waals surface area (Å²) in [5, 5.41) is 0. The van der Waals surface area contributed by atoms with Crippen LogP contribution in [0.3, 0.4) is 0 Å². The standard InChI is InChI=1S/C16H22O2/c1-5-16(6-2)14(17)10-15(16)18-13-8-7-11(3)12(4)9-13/h7-9,15H,5-6,10H2,1-4H3. The molecule has 2 heteroatoms. The zero-order valence-corrected chi connectivity index (χ0v) is 11.7. The van der Waals surface area contributed by atoms with Crippen LogP contribution in [0, 0.1) is 19.3 Å². The van der Waals surface area contributed by atoms with Gasteiger partial charge < -0.3 is 4.74 Å². The molecule has 0 N–H and O–H groups in total. The first-order valence-corrected chi connectivity index (χ1v) is 6.80. The van der Waals surface area contributed by atoms with Crippen molar-refractivity contribution >= 4 is 5.78 Å². The normalized spacial score (nSPS) is 21.6. The van der Waals surface area contributed by atoms with Gasteiger partial charge in [0, 0.05) is 6.42 Å². The molecule has 0 aromatic heterocycles. The molecule has 98 valence electrons. The van der Waals surface area contributed by atoms with Gasteiger partial charge in [-0.1, -0.05) is 19.9 Å². The average molecular weight is 246 g/mol. The summed E-state index contributed by atoms with van der Waals surface area (Å²) in [4.78, 5) is 11.9. The van der Waals surface area contributed by atoms with Crippen LogP contribution in [-0.2, 0) is 4.79 Å². The van der Waals surface area contributed by atoms with Crippen molar-refractivity contribution < 1.29 is 9.53 Å². The SMILES string of the molecule is CCC1(CC)C(=O)CC1Oc1ccc(C)c(C)c1. The quantitative estimate of drug-likeness (QED) is 0.807. The molecule has 1 atom stereocenters. The largest absolute Gasteiger partial charge is 0.489 e. The maximum atomic E-state index is 11.9. The lowest BCUT2D eigenvalue weighted by Crippen LogP contribution is -2.56. The lowest BCUT2D eigenvalue weighted by molar-refractivity contribution is -0.153. The van der Waals surface area contributed by atoms with Gasteiger partial charge in [0.1, 0.15) is 17.6 Å². The lowest BCUT2D eigenvalue weighted by atomic mass is 9.61. The van der Waals surface area contributed by atoms with Gasteiger partial charge in [-0.25, -0.2) is 0 Å². The van der Waals surface area contributed by atoms with Gasteiger partial charge in [0.25, 0.3) is 0 Å². The van der Waals surface area contributed by atoms with Gasteiger partial charge in [0.2, 0.25) is 0 Å². The minimum Gasteiger partial charge on any atom is -0.489 e. The van der Waals surface area contributed by atoms with Crippen molar-refractivity contribution in [1.82, 2.24) is 0 Å². The Labute approximate surface area is 109 Å². The summed E-state index contributed by atoms with van der Waals surface area (Å²) in [5.41, 5.74) is 2.26. The molecule has 0 heterocycles. The van der Waals surface area contributed by atoms with Crippen LogP contribution in [0.25, 0.3) is 0 Å². The van der Waals surface area contributed by atoms with Crippen molar-refractivity contribution in [2.24, 2.45) is 5.41 Å². The summed E-state index contributed by atoms with van der Waals surface area (Å²) < 4.78 is 6.03. The van der Waals surface area contributed by atoms with Crippen LogP contribution in [0.1, 0.15) is 44.2 Å². The fourth-order valence-corrected chi connectivity index (χ4v) is 2.82. The summed E-state index contributed by atoms with van der Waals surface area (Å²) in [6, 6.07) is 6.14. The highest BCUT2D eigenvalue weighted by molar-refractivity contribution is 5.92. The second-order valence-electron chi connectivity index (χ2n) is 5.34. The van der Waals surface area contributed by atoms with E-state index in [9.17, 15) is 4.79 Å². The number of ketones is 1. The third kappa shape index (κ3) is 1.94. The summed E-state index contributed by atoms with van der Waals surface area (Å²) in [7, 11) is 0. The molecule has 0 bridgehead atoms. The van der Waals surface area contributed by atoms with E-state index in [0.29, 0.717) is 12.2 Å². The topological polar surface area (TPSA) is 26.3 Å². The van der Waals surface area contributed by atoms with E-state index in [1.807, 2.05) is 6.07 Å². The zero-order valence-electron chi connectivity index (χ0n) is 11.7. The molecule has 2 rings (SSSR count). The maximum absolute atomic E-state index is 11.9. The summed E-state index contributed by atoms with van der Waals surface area (Å²) in [6.07, 6.45) is 2.37. The maximum Gasteiger partial charge on any atom is 0.146 e. The molecule has 1 aliphatic carbocycles. The highest BCUT2D eigenvalue weighted by atomic mass is 16.5. The van der Waals surface area contributed by atoms with Crippen molar-refractivity contribution in [2.45, 2.75) is 53.1 Å². The van der Waals surface area contributed by atoms with E-state index >= 15 is 0 Å². The number of ether oxygens (including phenoxy) is 1. The van der Waals surface area contributed by atoms with Crippen molar-refractivity contribution in [2.75, 3.05) is 0 Å². The number of hydrogen-bond donors (Lipinski definition) is 0. The van der Waals surface area contributed by atoms with Gasteiger partial charge in [-0.2, -0.15) is 0 Å². The first-order valence-electron chi connectivity index (χ1n) is 6.80. The smallest absolute Gasteiger partial charge is 0.146 e. The molecule has 1 saturated carbocycles. The number of hydrogen-bond acceptors (Lipinski definition) is 2. The predicted molar refractivity (Wildman–Crippen MR) is 73.0 cm³/mol. The molecule has 0 saturated heterocycles. The van der Waals surface area contributed by atoms with Gasteiger partial charge >= 0.3 is 0 Å². The Morgan fingerprint density at radius 1 is 1.22 bits per heavy atom. The monoisotopic (exact) mass is 246 g/mol. The fraction of sp³-hybridized carbons (Fsp3) is 0.562. The first-order chi connectivity index (χ1) is 8.53. The Hall–Kier alpha value is -1.31. The summed E-state index contributed by atoms with van der Waals surface area (Å²) in [5.74, 6) is 1.25. The number of carbonyl (C=O) groups is 1. The molecule has 0 aliphatic heterocycles. The molecule has 0 amide bonds. The summed E-state index contributed by atoms with van der Waals surface area (Å²) in [6.45, 7) is 8.34. The summed E-state index contributed by atoms with van der Waals surface area (Å²) >= 11 is 0. The van der Waals surface area contributed by atoms with E-state index in [1.54, 1.807) is 0 Å². The van der Waals surface area contributed by atoms with E-state index in [0.717, 1.165) is 18.6 Å². The van der Waals surface area contributed by atoms with Gasteiger partial charge in [-0.3, -0.25) is 4.79 Å². The van der Waals surface area contributed by atoms with Gasteiger partial charge in [0.05, 0.1) is 5.41 Å². The average Bonchev–Trinajstić information content (AvgIpc) is 2.35. The van der Waals surface area contributed by atoms with Crippen molar-refractivity contribution in [1.29, 1.82) is 0 Å². The zero-order chi connectivity index (χ0) is 13.3. The lowest BCUT2D eigenvalue weighted by Gasteiger charge is -2.46. The van der Waals surface area contributed by atoms with Crippen molar-refractivity contribution in [3.63, 3.8) is 0 Å². The minimum atomic E-state index is -0.237. The number of aryl methyl sites for hydroxylation is 2. The molecule has 18 heavy (non-hydrogen) atoms. The Morgan fingerprint density at radius 3 is 2.39 bits per heavy atom. The molecular formula is C16H22O2. The first kappa shape index (κ1) is 13.1. The van der Waals surface area contributed by atoms with Gasteiger partial charge in [-0.05, 0) is 49.9 Å². The van der Waals surface area contributed by atoms with E-state index in [-0.39, 0.29) is 11.5 Å². The molecule has 1 aromatic rings. The molecule has 0 radical (unpaired) electrons. The van der Waals surface area contributed by atoms with Crippen LogP contribution < -0.4 is 4.74 Å². The Bertz CT molecular complexity index is 458. The Balaban J connectivity index is 2.15. The van der Waals surface area contributed by atoms with Crippen LogP contribution in [-0.4, -0.2) is 11.9 Å². The number of rotatable bonds is 4. The van der Waals surface area contributed by atoms with E-state index in [2.05, 4.69) is 39.8 Å². The molecule has 2 nitrogen and oxygen atoms in total. The second kappa shape index (κ2) is 4.75. The van der Waals surface area contributed by atoms with Crippen LogP contribution in [0.15, 0.2) is 18.2 Å². The van der Waals surface area contributed by atoms with Crippen LogP contribution in [0.2, 0.25) is 0 Å². The molecular weight excluding hydrogens is 224 g/mol. The van der Waals surface area contributed by atoms with Crippen molar-refractivity contribution in [3.8, 4) is 5.75 Å². The van der Waals surface area contributed by atoms with E-state index in [1.165, 1.54) is 11.1 Å². The Kier molecular flexibility index (Phi) is 3.47. The molecule has 1 unspecified atom stereocenters. The Morgan fingerprint density at radius 2 is 1.89 bits per heavy atom. The third-order valence-corrected chi connectivity index (χ3v) is 4.56. The molecule has 1 aromatic carbocycles. The van der Waals surface area contributed by atoms with Crippen LogP contribution >= 0.6 is 0 Å². The fourth-order valence-electron chi connectivity index (χ4n) is 2.82. The van der Waals surface area contributed by atoms with E-state index in [4.69, 9.17) is 4.74 Å². The van der Waals surface area contributed by atoms with Crippen LogP contribution in [0.4, 0.5) is 0 Å². The third-order valence-electron chi connectivity index (χ3n) is 4.56. The number of Topliss-reactive ketones (excluding diaryl/α,β-unsaturated/α-hetero) is 1. The number of carbonyl (C=O) groups excluding carboxylic acids is 1.